The molecule has 1 atom stereocenters. The van der Waals surface area contributed by atoms with Gasteiger partial charge in [0.25, 0.3) is 0 Å². The lowest BCUT2D eigenvalue weighted by Crippen LogP contribution is -2.43. The van der Waals surface area contributed by atoms with Crippen LogP contribution in [0.25, 0.3) is 0 Å². The second kappa shape index (κ2) is 13.0. The van der Waals surface area contributed by atoms with Crippen molar-refractivity contribution in [2.45, 2.75) is 12.8 Å². The average Bonchev–Trinajstić information content (AvgIpc) is 3.14. The van der Waals surface area contributed by atoms with E-state index in [2.05, 4.69) is 33.1 Å². The van der Waals surface area contributed by atoms with Gasteiger partial charge in [0.05, 0.1) is 6.54 Å². The molecule has 1 heterocycles. The zero-order valence-electron chi connectivity index (χ0n) is 18.0. The molecular weight excluding hydrogens is 524 g/mol. The number of carbonyl (C=O) groups is 2. The molecule has 2 amide bonds. The van der Waals surface area contributed by atoms with Crippen LogP contribution in [-0.2, 0) is 16.0 Å². The number of hydrogen-bond acceptors (Lipinski definition) is 3. The van der Waals surface area contributed by atoms with E-state index in [1.165, 1.54) is 29.8 Å². The number of nitrogens with zero attached hydrogens (tertiary/aromatic N) is 2. The molecule has 1 unspecified atom stereocenters. The minimum atomic E-state index is -0.357. The molecule has 3 N–H and O–H groups in total. The summed E-state index contributed by atoms with van der Waals surface area (Å²) in [4.78, 5) is 30.4. The summed E-state index contributed by atoms with van der Waals surface area (Å²) in [7, 11) is 1.62. The Morgan fingerprint density at radius 2 is 1.84 bits per heavy atom. The summed E-state index contributed by atoms with van der Waals surface area (Å²) in [5.41, 5.74) is 1.75. The monoisotopic (exact) mass is 553 g/mol. The van der Waals surface area contributed by atoms with Gasteiger partial charge in [-0.2, -0.15) is 0 Å². The van der Waals surface area contributed by atoms with Crippen molar-refractivity contribution in [3.05, 3.63) is 66.0 Å². The van der Waals surface area contributed by atoms with Crippen molar-refractivity contribution in [1.82, 2.24) is 15.5 Å². The molecule has 1 saturated heterocycles. The molecule has 172 valence electrons. The standard InChI is InChI=1S/C23H28FN5O2.HI/c1-25-23(27-15-21(30)28-20-9-7-19(24)8-10-20)26-14-18-13-22(31)29(16-18)12-11-17-5-3-2-4-6-17;/h2-10,18H,11-16H2,1H3,(H,28,30)(H2,25,26,27);1H. The largest absolute Gasteiger partial charge is 0.356 e. The third-order valence-corrected chi connectivity index (χ3v) is 5.13. The van der Waals surface area contributed by atoms with Crippen LogP contribution in [0.2, 0.25) is 0 Å². The van der Waals surface area contributed by atoms with Crippen LogP contribution >= 0.6 is 24.0 Å². The minimum Gasteiger partial charge on any atom is -0.356 e. The van der Waals surface area contributed by atoms with Crippen LogP contribution in [0, 0.1) is 11.7 Å². The Kier molecular flexibility index (Phi) is 10.4. The van der Waals surface area contributed by atoms with Gasteiger partial charge in [0.15, 0.2) is 5.96 Å². The molecule has 2 aromatic rings. The molecule has 1 aliphatic rings. The highest BCUT2D eigenvalue weighted by atomic mass is 127. The van der Waals surface area contributed by atoms with Crippen molar-refractivity contribution in [3.8, 4) is 0 Å². The lowest BCUT2D eigenvalue weighted by atomic mass is 10.1. The Morgan fingerprint density at radius 1 is 1.12 bits per heavy atom. The predicted octanol–water partition coefficient (Wildman–Crippen LogP) is 2.64. The number of amides is 2. The van der Waals surface area contributed by atoms with Crippen molar-refractivity contribution in [1.29, 1.82) is 0 Å². The van der Waals surface area contributed by atoms with E-state index in [0.29, 0.717) is 31.2 Å². The fourth-order valence-corrected chi connectivity index (χ4v) is 3.48. The number of hydrogen-bond donors (Lipinski definition) is 3. The van der Waals surface area contributed by atoms with Crippen molar-refractivity contribution in [2.75, 3.05) is 38.5 Å². The maximum Gasteiger partial charge on any atom is 0.243 e. The number of anilines is 1. The SMILES string of the molecule is CN=C(NCC(=O)Nc1ccc(F)cc1)NCC1CC(=O)N(CCc2ccccc2)C1.I. The molecule has 0 saturated carbocycles. The van der Waals surface area contributed by atoms with Crippen molar-refractivity contribution >= 4 is 47.4 Å². The van der Waals surface area contributed by atoms with Gasteiger partial charge in [-0.05, 0) is 36.2 Å². The number of guanidine groups is 1. The Hall–Kier alpha value is -2.69. The van der Waals surface area contributed by atoms with Gasteiger partial charge >= 0.3 is 0 Å². The summed E-state index contributed by atoms with van der Waals surface area (Å²) in [6.07, 6.45) is 1.35. The average molecular weight is 553 g/mol. The maximum absolute atomic E-state index is 12.9. The predicted molar refractivity (Wildman–Crippen MR) is 135 cm³/mol. The first-order chi connectivity index (χ1) is 15.0. The van der Waals surface area contributed by atoms with E-state index in [1.807, 2.05) is 23.1 Å². The van der Waals surface area contributed by atoms with Gasteiger partial charge in [0.1, 0.15) is 5.82 Å². The second-order valence-corrected chi connectivity index (χ2v) is 7.51. The number of likely N-dealkylation sites (tertiary alicyclic amines) is 1. The molecule has 1 fully saturated rings. The number of nitrogens with one attached hydrogen (secondary N) is 3. The smallest absolute Gasteiger partial charge is 0.243 e. The molecule has 0 bridgehead atoms. The fraction of sp³-hybridized carbons (Fsp3) is 0.348. The van der Waals surface area contributed by atoms with Crippen LogP contribution in [0.5, 0.6) is 0 Å². The highest BCUT2D eigenvalue weighted by molar-refractivity contribution is 14.0. The number of rotatable bonds is 8. The van der Waals surface area contributed by atoms with Crippen LogP contribution in [0.3, 0.4) is 0 Å². The lowest BCUT2D eigenvalue weighted by molar-refractivity contribution is -0.127. The maximum atomic E-state index is 12.9. The molecule has 32 heavy (non-hydrogen) atoms. The molecular formula is C23H29FIN5O2. The number of carbonyl (C=O) groups excluding carboxylic acids is 2. The minimum absolute atomic E-state index is 0. The van der Waals surface area contributed by atoms with Gasteiger partial charge in [-0.1, -0.05) is 30.3 Å². The first-order valence-corrected chi connectivity index (χ1v) is 10.3. The summed E-state index contributed by atoms with van der Waals surface area (Å²) >= 11 is 0. The topological polar surface area (TPSA) is 85.8 Å². The van der Waals surface area contributed by atoms with Crippen LogP contribution in [0.15, 0.2) is 59.6 Å². The molecule has 9 heteroatoms. The van der Waals surface area contributed by atoms with E-state index < -0.39 is 0 Å². The zero-order valence-corrected chi connectivity index (χ0v) is 20.3. The number of halogens is 2. The van der Waals surface area contributed by atoms with Gasteiger partial charge in [-0.25, -0.2) is 4.39 Å². The van der Waals surface area contributed by atoms with E-state index >= 15 is 0 Å². The molecule has 3 rings (SSSR count). The van der Waals surface area contributed by atoms with Gasteiger partial charge < -0.3 is 20.9 Å². The first-order valence-electron chi connectivity index (χ1n) is 10.3. The van der Waals surface area contributed by atoms with Gasteiger partial charge in [-0.3, -0.25) is 14.6 Å². The Morgan fingerprint density at radius 3 is 2.53 bits per heavy atom. The first kappa shape index (κ1) is 25.6. The highest BCUT2D eigenvalue weighted by Gasteiger charge is 2.29. The molecule has 7 nitrogen and oxygen atoms in total. The zero-order chi connectivity index (χ0) is 22.1. The quantitative estimate of drug-likeness (QED) is 0.267. The Balaban J connectivity index is 0.00000363. The van der Waals surface area contributed by atoms with Crippen molar-refractivity contribution in [2.24, 2.45) is 10.9 Å². The second-order valence-electron chi connectivity index (χ2n) is 7.51. The molecule has 0 radical (unpaired) electrons. The van der Waals surface area contributed by atoms with Crippen molar-refractivity contribution < 1.29 is 14.0 Å². The number of benzene rings is 2. The van der Waals surface area contributed by atoms with E-state index in [1.54, 1.807) is 7.05 Å². The van der Waals surface area contributed by atoms with E-state index in [0.717, 1.165) is 13.0 Å². The molecule has 0 aliphatic carbocycles. The molecule has 1 aliphatic heterocycles. The summed E-state index contributed by atoms with van der Waals surface area (Å²) < 4.78 is 12.9. The van der Waals surface area contributed by atoms with Gasteiger partial charge in [-0.15, -0.1) is 24.0 Å². The van der Waals surface area contributed by atoms with Crippen molar-refractivity contribution in [3.63, 3.8) is 0 Å². The molecule has 0 aromatic heterocycles. The summed E-state index contributed by atoms with van der Waals surface area (Å²) in [5.74, 6) is 0.228. The molecule has 0 spiro atoms. The Bertz CT molecular complexity index is 908. The van der Waals surface area contributed by atoms with Gasteiger partial charge in [0.2, 0.25) is 11.8 Å². The normalized spacial score (nSPS) is 15.8. The number of aliphatic imine (C=N–C) groups is 1. The third-order valence-electron chi connectivity index (χ3n) is 5.13. The summed E-state index contributed by atoms with van der Waals surface area (Å²) in [6, 6.07) is 15.7. The summed E-state index contributed by atoms with van der Waals surface area (Å²) in [6.45, 7) is 2.03. The van der Waals surface area contributed by atoms with Crippen LogP contribution in [0.4, 0.5) is 10.1 Å². The van der Waals surface area contributed by atoms with Crippen LogP contribution < -0.4 is 16.0 Å². The third kappa shape index (κ3) is 8.10. The van der Waals surface area contributed by atoms with Crippen LogP contribution in [-0.4, -0.2) is 55.9 Å². The van der Waals surface area contributed by atoms with Crippen LogP contribution in [0.1, 0.15) is 12.0 Å². The van der Waals surface area contributed by atoms with Gasteiger partial charge in [0, 0.05) is 44.7 Å². The highest BCUT2D eigenvalue weighted by Crippen LogP contribution is 2.17. The Labute approximate surface area is 204 Å². The lowest BCUT2D eigenvalue weighted by Gasteiger charge is -2.18. The molecule has 2 aromatic carbocycles. The fourth-order valence-electron chi connectivity index (χ4n) is 3.48. The summed E-state index contributed by atoms with van der Waals surface area (Å²) in [5, 5.41) is 8.81. The van der Waals surface area contributed by atoms with E-state index in [4.69, 9.17) is 0 Å². The van der Waals surface area contributed by atoms with E-state index in [9.17, 15) is 14.0 Å². The van der Waals surface area contributed by atoms with E-state index in [-0.39, 0.29) is 54.1 Å².